The summed E-state index contributed by atoms with van der Waals surface area (Å²) in [6.45, 7) is 6.19. The Morgan fingerprint density at radius 3 is 2.05 bits per heavy atom. The Bertz CT molecular complexity index is 629. The van der Waals surface area contributed by atoms with Gasteiger partial charge in [-0.1, -0.05) is 18.2 Å². The molecule has 0 bridgehead atoms. The predicted molar refractivity (Wildman–Crippen MR) is 83.0 cm³/mol. The van der Waals surface area contributed by atoms with Crippen LogP contribution in [0, 0.1) is 0 Å². The Morgan fingerprint density at radius 1 is 1.09 bits per heavy atom. The molecule has 8 nitrogen and oxygen atoms in total. The summed E-state index contributed by atoms with van der Waals surface area (Å²) in [5.41, 5.74) is 8.46. The number of rotatable bonds is 9. The molecule has 1 aromatic rings. The zero-order chi connectivity index (χ0) is 16.6. The van der Waals surface area contributed by atoms with Crippen molar-refractivity contribution in [1.82, 2.24) is 0 Å². The van der Waals surface area contributed by atoms with Crippen molar-refractivity contribution in [2.45, 2.75) is 25.7 Å². The van der Waals surface area contributed by atoms with E-state index in [4.69, 9.17) is 18.8 Å². The van der Waals surface area contributed by atoms with Crippen LogP contribution in [0.15, 0.2) is 33.7 Å². The van der Waals surface area contributed by atoms with Gasteiger partial charge in [0.05, 0.1) is 4.90 Å². The maximum atomic E-state index is 12.1. The van der Waals surface area contributed by atoms with E-state index in [0.29, 0.717) is 19.8 Å². The van der Waals surface area contributed by atoms with Gasteiger partial charge in [0.15, 0.2) is 0 Å². The fourth-order valence-corrected chi connectivity index (χ4v) is 6.05. The van der Waals surface area contributed by atoms with Crippen molar-refractivity contribution in [1.29, 1.82) is 0 Å². The van der Waals surface area contributed by atoms with Crippen molar-refractivity contribution >= 4 is 24.0 Å². The molecule has 0 atom stereocenters. The highest BCUT2D eigenvalue weighted by atomic mass is 32.2. The van der Waals surface area contributed by atoms with E-state index in [1.807, 2.05) is 0 Å². The second-order valence-corrected chi connectivity index (χ2v) is 8.07. The summed E-state index contributed by atoms with van der Waals surface area (Å²) in [6, 6.07) is 6.10. The van der Waals surface area contributed by atoms with E-state index in [2.05, 4.69) is 9.43 Å². The third-order valence-electron chi connectivity index (χ3n) is 2.64. The fraction of sp³-hybridized carbons (Fsp3) is 0.500. The van der Waals surface area contributed by atoms with Gasteiger partial charge in [-0.2, -0.15) is 0 Å². The molecule has 1 aromatic carbocycles. The van der Waals surface area contributed by atoms with E-state index in [9.17, 15) is 8.42 Å². The summed E-state index contributed by atoms with van der Waals surface area (Å²) in [4.78, 5) is 2.22. The number of sulfonamides is 1. The highest BCUT2D eigenvalue weighted by Gasteiger charge is 2.46. The summed E-state index contributed by atoms with van der Waals surface area (Å²) in [7, 11) is -7.59. The molecule has 0 unspecified atom stereocenters. The molecule has 0 aliphatic carbocycles. The van der Waals surface area contributed by atoms with Crippen molar-refractivity contribution in [3.63, 3.8) is 0 Å². The van der Waals surface area contributed by atoms with Gasteiger partial charge < -0.3 is 13.3 Å². The van der Waals surface area contributed by atoms with E-state index in [0.717, 1.165) is 0 Å². The first-order chi connectivity index (χ1) is 10.5. The molecule has 0 aromatic heterocycles. The maximum absolute atomic E-state index is 12.1. The molecule has 0 saturated carbocycles. The van der Waals surface area contributed by atoms with E-state index >= 15 is 0 Å². The molecule has 0 N–H and O–H groups in total. The zero-order valence-electron chi connectivity index (χ0n) is 12.7. The highest BCUT2D eigenvalue weighted by Crippen LogP contribution is 2.18. The van der Waals surface area contributed by atoms with Crippen LogP contribution in [-0.4, -0.2) is 37.0 Å². The monoisotopic (exact) mass is 345 g/mol. The van der Waals surface area contributed by atoms with Crippen LogP contribution in [0.4, 0.5) is 0 Å². The molecule has 0 heterocycles. The largest absolute Gasteiger partial charge is 0.538 e. The number of nitrogens with zero attached hydrogens (tertiary/aromatic N) is 3. The molecule has 122 valence electrons. The summed E-state index contributed by atoms with van der Waals surface area (Å²) < 4.78 is 44.3. The Labute approximate surface area is 131 Å². The van der Waals surface area contributed by atoms with Crippen LogP contribution in [0.25, 0.3) is 10.4 Å². The number of hydrogen-bond acceptors (Lipinski definition) is 5. The van der Waals surface area contributed by atoms with Gasteiger partial charge in [0.2, 0.25) is 0 Å². The normalized spacial score (nSPS) is 12.0. The summed E-state index contributed by atoms with van der Waals surface area (Å²) in [5, 5.41) is 0.271. The van der Waals surface area contributed by atoms with Crippen molar-refractivity contribution in [2.24, 2.45) is 4.52 Å². The number of benzene rings is 1. The van der Waals surface area contributed by atoms with Crippen molar-refractivity contribution in [2.75, 3.05) is 19.8 Å². The molecular weight excluding hydrogens is 326 g/mol. The molecule has 0 spiro atoms. The van der Waals surface area contributed by atoms with Crippen molar-refractivity contribution in [3.8, 4) is 0 Å². The van der Waals surface area contributed by atoms with Gasteiger partial charge in [0, 0.05) is 34.4 Å². The third kappa shape index (κ3) is 4.06. The van der Waals surface area contributed by atoms with Gasteiger partial charge in [-0.25, -0.2) is 8.42 Å². The van der Waals surface area contributed by atoms with E-state index < -0.39 is 18.8 Å². The van der Waals surface area contributed by atoms with Crippen LogP contribution >= 0.6 is 0 Å². The third-order valence-corrected chi connectivity index (χ3v) is 7.12. The predicted octanol–water partition coefficient (Wildman–Crippen LogP) is 1.94. The van der Waals surface area contributed by atoms with Crippen LogP contribution in [-0.2, 0) is 23.3 Å². The average Bonchev–Trinajstić information content (AvgIpc) is 2.48. The first-order valence-corrected chi connectivity index (χ1v) is 9.96. The first kappa shape index (κ1) is 18.6. The molecule has 1 rings (SSSR count). The topological polar surface area (TPSA) is 111 Å². The van der Waals surface area contributed by atoms with Crippen molar-refractivity contribution < 1.29 is 21.7 Å². The van der Waals surface area contributed by atoms with Gasteiger partial charge in [0.1, 0.15) is 0 Å². The number of hydrogen-bond donors (Lipinski definition) is 0. The van der Waals surface area contributed by atoms with Crippen molar-refractivity contribution in [3.05, 3.63) is 34.7 Å². The summed E-state index contributed by atoms with van der Waals surface area (Å²) in [6.07, 6.45) is 0. The van der Waals surface area contributed by atoms with Crippen LogP contribution in [0.5, 0.6) is 0 Å². The molecule has 10 heteroatoms. The minimum atomic E-state index is -4.18. The lowest BCUT2D eigenvalue weighted by molar-refractivity contribution is 0.0853. The van der Waals surface area contributed by atoms with Gasteiger partial charge in [-0.3, -0.25) is 0 Å². The smallest absolute Gasteiger partial charge is 0.370 e. The maximum Gasteiger partial charge on any atom is 0.538 e. The Hall–Kier alpha value is -1.42. The van der Waals surface area contributed by atoms with E-state index in [1.165, 1.54) is 12.1 Å². The van der Waals surface area contributed by atoms with Crippen LogP contribution in [0.3, 0.4) is 0 Å². The minimum absolute atomic E-state index is 0.158. The highest BCUT2D eigenvalue weighted by molar-refractivity contribution is 7.90. The Kier molecular flexibility index (Phi) is 7.00. The second kappa shape index (κ2) is 8.27. The second-order valence-electron chi connectivity index (χ2n) is 4.00. The lowest BCUT2D eigenvalue weighted by atomic mass is 10.4. The van der Waals surface area contributed by atoms with E-state index in [-0.39, 0.29) is 10.1 Å². The minimum Gasteiger partial charge on any atom is -0.370 e. The standard InChI is InChI=1S/C12H19N3O5SSi/c1-4-18-22(19-5-2,20-6-3)12-10-8-7-9-11(12)21(16,17)15-14-13/h7-10H,4-6H2,1-3H3. The van der Waals surface area contributed by atoms with Crippen LogP contribution in [0.1, 0.15) is 20.8 Å². The molecule has 0 fully saturated rings. The molecule has 0 saturated heterocycles. The lowest BCUT2D eigenvalue weighted by Gasteiger charge is -2.29. The molecule has 0 aliphatic heterocycles. The molecule has 22 heavy (non-hydrogen) atoms. The zero-order valence-corrected chi connectivity index (χ0v) is 14.5. The quantitative estimate of drug-likeness (QED) is 0.294. The van der Waals surface area contributed by atoms with Gasteiger partial charge in [0.25, 0.3) is 10.0 Å². The van der Waals surface area contributed by atoms with Crippen LogP contribution < -0.4 is 5.19 Å². The van der Waals surface area contributed by atoms with Crippen LogP contribution in [0.2, 0.25) is 0 Å². The SMILES string of the molecule is CCO[Si](OCC)(OCC)c1ccccc1S(=O)(=O)N=[N+]=[N-]. The molecule has 0 amide bonds. The fourth-order valence-electron chi connectivity index (χ4n) is 1.96. The Balaban J connectivity index is 3.58. The van der Waals surface area contributed by atoms with E-state index in [1.54, 1.807) is 32.9 Å². The van der Waals surface area contributed by atoms with Gasteiger partial charge in [-0.15, -0.1) is 0 Å². The first-order valence-electron chi connectivity index (χ1n) is 6.80. The lowest BCUT2D eigenvalue weighted by Crippen LogP contribution is -2.58. The molecule has 0 radical (unpaired) electrons. The summed E-state index contributed by atoms with van der Waals surface area (Å²) in [5.74, 6) is 0. The number of azide groups is 1. The molecular formula is C12H19N3O5SSi. The van der Waals surface area contributed by atoms with Gasteiger partial charge >= 0.3 is 8.80 Å². The average molecular weight is 345 g/mol. The molecule has 0 aliphatic rings. The Morgan fingerprint density at radius 2 is 1.59 bits per heavy atom. The van der Waals surface area contributed by atoms with Gasteiger partial charge in [-0.05, 0) is 32.4 Å². The summed E-state index contributed by atoms with van der Waals surface area (Å²) >= 11 is 0.